The summed E-state index contributed by atoms with van der Waals surface area (Å²) in [4.78, 5) is 0. The highest BCUT2D eigenvalue weighted by molar-refractivity contribution is 5.80. The van der Waals surface area contributed by atoms with Gasteiger partial charge in [0.15, 0.2) is 0 Å². The second-order valence-corrected chi connectivity index (χ2v) is 15.0. The van der Waals surface area contributed by atoms with Crippen LogP contribution in [0.2, 0.25) is 0 Å². The first-order valence-electron chi connectivity index (χ1n) is 14.6. The average molecular weight is 493 g/mol. The third kappa shape index (κ3) is 4.39. The number of hydrogen-bond acceptors (Lipinski definition) is 0. The molecule has 0 saturated heterocycles. The maximum absolute atomic E-state index is 2.53. The Morgan fingerprint density at radius 1 is 0.486 bits per heavy atom. The molecule has 0 atom stereocenters. The van der Waals surface area contributed by atoms with Gasteiger partial charge in [-0.15, -0.1) is 0 Å². The van der Waals surface area contributed by atoms with Crippen LogP contribution in [0.4, 0.5) is 0 Å². The number of hydrogen-bond donors (Lipinski definition) is 0. The smallest absolute Gasteiger partial charge is 0.0100 e. The molecule has 37 heavy (non-hydrogen) atoms. The minimum atomic E-state index is 0.216. The summed E-state index contributed by atoms with van der Waals surface area (Å²) < 4.78 is 0. The first kappa shape index (κ1) is 26.3. The van der Waals surface area contributed by atoms with Gasteiger partial charge in [0.2, 0.25) is 0 Å². The summed E-state index contributed by atoms with van der Waals surface area (Å²) in [5.74, 6) is 0.437. The second kappa shape index (κ2) is 8.59. The SMILES string of the molecule is CC(C)c1c(-c2ccc3c(c2)C(C)(C)CCC3(C)C)cccc1-c1ccc2c(c1)C(C)(C)CCC2(C)C. The fraction of sp³-hybridized carbons (Fsp3) is 0.514. The lowest BCUT2D eigenvalue weighted by molar-refractivity contribution is 0.332. The molecule has 5 rings (SSSR count). The minimum absolute atomic E-state index is 0.216. The van der Waals surface area contributed by atoms with Crippen molar-refractivity contribution in [3.63, 3.8) is 0 Å². The molecule has 0 saturated carbocycles. The lowest BCUT2D eigenvalue weighted by Crippen LogP contribution is -2.33. The molecule has 0 aliphatic heterocycles. The molecule has 2 aliphatic rings. The first-order chi connectivity index (χ1) is 17.1. The molecule has 196 valence electrons. The van der Waals surface area contributed by atoms with E-state index in [1.54, 1.807) is 11.1 Å². The van der Waals surface area contributed by atoms with E-state index in [-0.39, 0.29) is 21.7 Å². The van der Waals surface area contributed by atoms with E-state index in [1.807, 2.05) is 0 Å². The average Bonchev–Trinajstić information content (AvgIpc) is 2.84. The number of fused-ring (bicyclic) bond motifs is 2. The van der Waals surface area contributed by atoms with Gasteiger partial charge in [-0.25, -0.2) is 0 Å². The molecule has 0 amide bonds. The summed E-state index contributed by atoms with van der Waals surface area (Å²) in [6.07, 6.45) is 5.00. The maximum Gasteiger partial charge on any atom is -0.0100 e. The molecule has 0 radical (unpaired) electrons. The van der Waals surface area contributed by atoms with Crippen molar-refractivity contribution in [3.05, 3.63) is 82.4 Å². The second-order valence-electron chi connectivity index (χ2n) is 15.0. The van der Waals surface area contributed by atoms with Crippen LogP contribution in [-0.4, -0.2) is 0 Å². The van der Waals surface area contributed by atoms with Gasteiger partial charge in [-0.3, -0.25) is 0 Å². The van der Waals surface area contributed by atoms with Gasteiger partial charge in [0, 0.05) is 0 Å². The van der Waals surface area contributed by atoms with Crippen molar-refractivity contribution in [2.24, 2.45) is 0 Å². The quantitative estimate of drug-likeness (QED) is 0.341. The normalized spacial score (nSPS) is 20.8. The van der Waals surface area contributed by atoms with Crippen molar-refractivity contribution >= 4 is 0 Å². The van der Waals surface area contributed by atoms with Crippen molar-refractivity contribution in [1.29, 1.82) is 0 Å². The van der Waals surface area contributed by atoms with Crippen LogP contribution in [0, 0.1) is 0 Å². The predicted octanol–water partition coefficient (Wildman–Crippen LogP) is 10.8. The topological polar surface area (TPSA) is 0 Å². The van der Waals surface area contributed by atoms with Crippen LogP contribution in [0.3, 0.4) is 0 Å². The van der Waals surface area contributed by atoms with Gasteiger partial charge in [0.1, 0.15) is 0 Å². The fourth-order valence-electron chi connectivity index (χ4n) is 7.20. The van der Waals surface area contributed by atoms with E-state index in [1.165, 1.54) is 64.6 Å². The van der Waals surface area contributed by atoms with E-state index in [0.717, 1.165) is 0 Å². The molecule has 0 aromatic heterocycles. The van der Waals surface area contributed by atoms with Crippen LogP contribution >= 0.6 is 0 Å². The zero-order chi connectivity index (χ0) is 27.0. The molecule has 0 heteroatoms. The zero-order valence-electron chi connectivity index (χ0n) is 25.1. The van der Waals surface area contributed by atoms with Crippen molar-refractivity contribution in [2.75, 3.05) is 0 Å². The van der Waals surface area contributed by atoms with E-state index in [4.69, 9.17) is 0 Å². The molecule has 0 unspecified atom stereocenters. The van der Waals surface area contributed by atoms with Gasteiger partial charge in [-0.2, -0.15) is 0 Å². The summed E-state index contributed by atoms with van der Waals surface area (Å²) in [6, 6.07) is 21.7. The van der Waals surface area contributed by atoms with Crippen LogP contribution in [0.25, 0.3) is 22.3 Å². The monoisotopic (exact) mass is 492 g/mol. The molecule has 0 fully saturated rings. The molecular weight excluding hydrogens is 444 g/mol. The van der Waals surface area contributed by atoms with Crippen molar-refractivity contribution in [1.82, 2.24) is 0 Å². The molecule has 0 bridgehead atoms. The molecular formula is C37H48. The lowest BCUT2D eigenvalue weighted by atomic mass is 9.62. The Hall–Kier alpha value is -2.34. The van der Waals surface area contributed by atoms with E-state index >= 15 is 0 Å². The summed E-state index contributed by atoms with van der Waals surface area (Å²) in [5, 5.41) is 0. The fourth-order valence-corrected chi connectivity index (χ4v) is 7.20. The van der Waals surface area contributed by atoms with Gasteiger partial charge in [-0.05, 0) is 103 Å². The summed E-state index contributed by atoms with van der Waals surface area (Å²) in [5.41, 5.74) is 14.1. The molecule has 3 aromatic carbocycles. The number of rotatable bonds is 3. The number of benzene rings is 3. The maximum atomic E-state index is 2.53. The Morgan fingerprint density at radius 3 is 1.19 bits per heavy atom. The van der Waals surface area contributed by atoms with Crippen molar-refractivity contribution in [2.45, 2.75) is 122 Å². The van der Waals surface area contributed by atoms with Gasteiger partial charge < -0.3 is 0 Å². The summed E-state index contributed by atoms with van der Waals surface area (Å²) >= 11 is 0. The minimum Gasteiger partial charge on any atom is -0.0610 e. The van der Waals surface area contributed by atoms with Crippen LogP contribution in [0.15, 0.2) is 54.6 Å². The molecule has 0 N–H and O–H groups in total. The Balaban J connectivity index is 1.69. The van der Waals surface area contributed by atoms with E-state index in [0.29, 0.717) is 5.92 Å². The first-order valence-corrected chi connectivity index (χ1v) is 14.6. The lowest BCUT2D eigenvalue weighted by Gasteiger charge is -2.42. The van der Waals surface area contributed by atoms with E-state index in [9.17, 15) is 0 Å². The Labute approximate surface area is 226 Å². The zero-order valence-corrected chi connectivity index (χ0v) is 25.1. The van der Waals surface area contributed by atoms with Crippen molar-refractivity contribution in [3.8, 4) is 22.3 Å². The van der Waals surface area contributed by atoms with Gasteiger partial charge in [0.05, 0.1) is 0 Å². The Morgan fingerprint density at radius 2 is 0.838 bits per heavy atom. The Kier molecular flexibility index (Phi) is 6.10. The Bertz CT molecular complexity index is 1240. The highest BCUT2D eigenvalue weighted by atomic mass is 14.4. The highest BCUT2D eigenvalue weighted by Gasteiger charge is 2.38. The van der Waals surface area contributed by atoms with Crippen LogP contribution in [-0.2, 0) is 21.7 Å². The van der Waals surface area contributed by atoms with Crippen LogP contribution < -0.4 is 0 Å². The third-order valence-corrected chi connectivity index (χ3v) is 10.0. The van der Waals surface area contributed by atoms with E-state index in [2.05, 4.69) is 124 Å². The molecule has 2 aliphatic carbocycles. The molecule has 0 nitrogen and oxygen atoms in total. The predicted molar refractivity (Wildman–Crippen MR) is 162 cm³/mol. The molecule has 0 spiro atoms. The van der Waals surface area contributed by atoms with Crippen LogP contribution in [0.1, 0.15) is 129 Å². The largest absolute Gasteiger partial charge is 0.0610 e. The van der Waals surface area contributed by atoms with Crippen LogP contribution in [0.5, 0.6) is 0 Å². The van der Waals surface area contributed by atoms with Gasteiger partial charge in [-0.1, -0.05) is 124 Å². The van der Waals surface area contributed by atoms with Gasteiger partial charge >= 0.3 is 0 Å². The standard InChI is InChI=1S/C37H48/c1-24(2)33-27(25-14-16-29-31(22-25)36(7,8)20-18-34(29,3)4)12-11-13-28(33)26-15-17-30-32(23-26)37(9,10)21-19-35(30,5)6/h11-17,22-24H,18-21H2,1-10H3. The van der Waals surface area contributed by atoms with Crippen molar-refractivity contribution < 1.29 is 0 Å². The van der Waals surface area contributed by atoms with E-state index < -0.39 is 0 Å². The van der Waals surface area contributed by atoms with Gasteiger partial charge in [0.25, 0.3) is 0 Å². The molecule has 3 aromatic rings. The molecule has 0 heterocycles. The summed E-state index contributed by atoms with van der Waals surface area (Å²) in [7, 11) is 0. The third-order valence-electron chi connectivity index (χ3n) is 10.0. The summed E-state index contributed by atoms with van der Waals surface area (Å²) in [6.45, 7) is 24.1. The highest BCUT2D eigenvalue weighted by Crippen LogP contribution is 2.49.